The van der Waals surface area contributed by atoms with Crippen molar-refractivity contribution < 1.29 is 9.53 Å². The third-order valence-corrected chi connectivity index (χ3v) is 2.56. The maximum absolute atomic E-state index is 12.3. The van der Waals surface area contributed by atoms with Gasteiger partial charge >= 0.3 is 0 Å². The van der Waals surface area contributed by atoms with Crippen LogP contribution in [0.4, 0.5) is 0 Å². The van der Waals surface area contributed by atoms with Gasteiger partial charge in [-0.25, -0.2) is 4.98 Å². The van der Waals surface area contributed by atoms with Gasteiger partial charge in [0.1, 0.15) is 0 Å². The fourth-order valence-corrected chi connectivity index (χ4v) is 1.71. The van der Waals surface area contributed by atoms with Gasteiger partial charge in [0, 0.05) is 18.9 Å². The number of hydrogen-bond acceptors (Lipinski definition) is 4. The summed E-state index contributed by atoms with van der Waals surface area (Å²) >= 11 is 0. The second kappa shape index (κ2) is 5.44. The minimum absolute atomic E-state index is 0.123. The first-order valence-corrected chi connectivity index (χ1v) is 5.82. The summed E-state index contributed by atoms with van der Waals surface area (Å²) in [6, 6.07) is 3.41. The molecule has 5 nitrogen and oxygen atoms in total. The Kier molecular flexibility index (Phi) is 3.72. The van der Waals surface area contributed by atoms with Crippen molar-refractivity contribution in [2.45, 2.75) is 19.9 Å². The van der Waals surface area contributed by atoms with E-state index in [2.05, 4.69) is 17.0 Å². The molecule has 0 aliphatic rings. The van der Waals surface area contributed by atoms with E-state index < -0.39 is 0 Å². The molecule has 2 rings (SSSR count). The number of hydrogen-bond donors (Lipinski definition) is 0. The van der Waals surface area contributed by atoms with Gasteiger partial charge in [-0.15, -0.1) is 0 Å². The van der Waals surface area contributed by atoms with Crippen molar-refractivity contribution >= 4 is 5.78 Å². The van der Waals surface area contributed by atoms with Crippen molar-refractivity contribution in [3.8, 4) is 5.88 Å². The van der Waals surface area contributed by atoms with E-state index in [1.54, 1.807) is 35.4 Å². The number of aromatic nitrogens is 3. The van der Waals surface area contributed by atoms with Crippen LogP contribution in [0, 0.1) is 0 Å². The summed E-state index contributed by atoms with van der Waals surface area (Å²) in [7, 11) is 1.50. The summed E-state index contributed by atoms with van der Waals surface area (Å²) in [5.74, 6) is 0.216. The summed E-state index contributed by atoms with van der Waals surface area (Å²) in [4.78, 5) is 16.3. The molecule has 0 saturated carbocycles. The smallest absolute Gasteiger partial charge is 0.224 e. The van der Waals surface area contributed by atoms with Crippen molar-refractivity contribution in [1.82, 2.24) is 14.8 Å². The zero-order chi connectivity index (χ0) is 13.0. The predicted octanol–water partition coefficient (Wildman–Crippen LogP) is 1.93. The maximum atomic E-state index is 12.3. The van der Waals surface area contributed by atoms with E-state index in [0.717, 1.165) is 13.0 Å². The van der Waals surface area contributed by atoms with Crippen molar-refractivity contribution in [3.63, 3.8) is 0 Å². The molecule has 0 radical (unpaired) electrons. The van der Waals surface area contributed by atoms with Crippen molar-refractivity contribution in [2.24, 2.45) is 0 Å². The lowest BCUT2D eigenvalue weighted by atomic mass is 10.1. The first kappa shape index (κ1) is 12.3. The highest BCUT2D eigenvalue weighted by atomic mass is 16.5. The van der Waals surface area contributed by atoms with E-state index in [9.17, 15) is 4.79 Å². The van der Waals surface area contributed by atoms with Crippen molar-refractivity contribution in [1.29, 1.82) is 0 Å². The highest BCUT2D eigenvalue weighted by Gasteiger charge is 2.16. The van der Waals surface area contributed by atoms with Crippen LogP contribution in [0.25, 0.3) is 0 Å². The summed E-state index contributed by atoms with van der Waals surface area (Å²) < 4.78 is 6.84. The van der Waals surface area contributed by atoms with Crippen LogP contribution >= 0.6 is 0 Å². The summed E-state index contributed by atoms with van der Waals surface area (Å²) in [6.45, 7) is 2.87. The van der Waals surface area contributed by atoms with Gasteiger partial charge < -0.3 is 4.74 Å². The van der Waals surface area contributed by atoms with Crippen LogP contribution in [0.5, 0.6) is 5.88 Å². The molecule has 2 aromatic heterocycles. The Morgan fingerprint density at radius 2 is 2.33 bits per heavy atom. The molecule has 0 fully saturated rings. The van der Waals surface area contributed by atoms with Crippen LogP contribution in [-0.2, 0) is 6.54 Å². The number of rotatable bonds is 5. The lowest BCUT2D eigenvalue weighted by molar-refractivity contribution is 0.103. The lowest BCUT2D eigenvalue weighted by Crippen LogP contribution is -2.04. The molecule has 0 aliphatic carbocycles. The molecule has 0 spiro atoms. The van der Waals surface area contributed by atoms with Crippen LogP contribution in [0.3, 0.4) is 0 Å². The number of methoxy groups -OCH3 is 1. The topological polar surface area (TPSA) is 57.0 Å². The Labute approximate surface area is 105 Å². The number of ether oxygens (including phenoxy) is 1. The monoisotopic (exact) mass is 245 g/mol. The summed E-state index contributed by atoms with van der Waals surface area (Å²) in [6.07, 6.45) is 5.89. The average Bonchev–Trinajstić information content (AvgIpc) is 2.87. The van der Waals surface area contributed by atoms with Gasteiger partial charge in [0.15, 0.2) is 0 Å². The van der Waals surface area contributed by atoms with E-state index in [4.69, 9.17) is 4.74 Å². The molecule has 5 heteroatoms. The van der Waals surface area contributed by atoms with Crippen molar-refractivity contribution in [3.05, 3.63) is 41.9 Å². The molecule has 0 aromatic carbocycles. The van der Waals surface area contributed by atoms with Crippen LogP contribution < -0.4 is 4.74 Å². The van der Waals surface area contributed by atoms with Gasteiger partial charge in [-0.3, -0.25) is 9.48 Å². The van der Waals surface area contributed by atoms with E-state index in [1.807, 2.05) is 0 Å². The van der Waals surface area contributed by atoms with Gasteiger partial charge in [-0.1, -0.05) is 6.92 Å². The molecular formula is C13H15N3O2. The molecule has 0 saturated heterocycles. The minimum Gasteiger partial charge on any atom is -0.480 e. The molecule has 0 bridgehead atoms. The van der Waals surface area contributed by atoms with Crippen LogP contribution in [0.1, 0.15) is 29.3 Å². The SMILES string of the molecule is CCCn1cc(C(=O)c2cccnc2OC)cn1. The number of carbonyl (C=O) groups is 1. The highest BCUT2D eigenvalue weighted by molar-refractivity contribution is 6.10. The Bertz CT molecular complexity index is 549. The molecule has 0 aliphatic heterocycles. The van der Waals surface area contributed by atoms with Gasteiger partial charge in [0.05, 0.1) is 24.4 Å². The number of ketones is 1. The number of pyridine rings is 1. The minimum atomic E-state index is -0.123. The molecule has 2 aromatic rings. The normalized spacial score (nSPS) is 10.3. The molecule has 0 N–H and O–H groups in total. The van der Waals surface area contributed by atoms with E-state index in [-0.39, 0.29) is 5.78 Å². The van der Waals surface area contributed by atoms with E-state index in [0.29, 0.717) is 17.0 Å². The summed E-state index contributed by atoms with van der Waals surface area (Å²) in [5, 5.41) is 4.14. The molecule has 18 heavy (non-hydrogen) atoms. The molecule has 0 amide bonds. The zero-order valence-corrected chi connectivity index (χ0v) is 10.5. The quantitative estimate of drug-likeness (QED) is 0.755. The number of carbonyl (C=O) groups excluding carboxylic acids is 1. The standard InChI is InChI=1S/C13H15N3O2/c1-3-7-16-9-10(8-15-16)12(17)11-5-4-6-14-13(11)18-2/h4-6,8-9H,3,7H2,1-2H3. The van der Waals surface area contributed by atoms with Crippen LogP contribution in [-0.4, -0.2) is 27.7 Å². The van der Waals surface area contributed by atoms with E-state index in [1.165, 1.54) is 7.11 Å². The third kappa shape index (κ3) is 2.40. The fourth-order valence-electron chi connectivity index (χ4n) is 1.71. The third-order valence-electron chi connectivity index (χ3n) is 2.56. The molecule has 0 atom stereocenters. The molecule has 2 heterocycles. The number of aryl methyl sites for hydroxylation is 1. The average molecular weight is 245 g/mol. The Morgan fingerprint density at radius 3 is 3.06 bits per heavy atom. The van der Waals surface area contributed by atoms with Gasteiger partial charge in [0.25, 0.3) is 0 Å². The zero-order valence-electron chi connectivity index (χ0n) is 10.5. The molecule has 94 valence electrons. The van der Waals surface area contributed by atoms with E-state index >= 15 is 0 Å². The van der Waals surface area contributed by atoms with Crippen LogP contribution in [0.2, 0.25) is 0 Å². The lowest BCUT2D eigenvalue weighted by Gasteiger charge is -2.04. The highest BCUT2D eigenvalue weighted by Crippen LogP contribution is 2.18. The summed E-state index contributed by atoms with van der Waals surface area (Å²) in [5.41, 5.74) is 1.01. The first-order valence-electron chi connectivity index (χ1n) is 5.82. The Hall–Kier alpha value is -2.17. The Morgan fingerprint density at radius 1 is 1.50 bits per heavy atom. The second-order valence-electron chi connectivity index (χ2n) is 3.88. The maximum Gasteiger partial charge on any atom is 0.224 e. The van der Waals surface area contributed by atoms with Crippen LogP contribution in [0.15, 0.2) is 30.7 Å². The first-order chi connectivity index (χ1) is 8.76. The van der Waals surface area contributed by atoms with Gasteiger partial charge in [-0.2, -0.15) is 5.10 Å². The molecule has 0 unspecified atom stereocenters. The van der Waals surface area contributed by atoms with Crippen molar-refractivity contribution in [2.75, 3.05) is 7.11 Å². The predicted molar refractivity (Wildman–Crippen MR) is 66.7 cm³/mol. The largest absolute Gasteiger partial charge is 0.480 e. The second-order valence-corrected chi connectivity index (χ2v) is 3.88. The van der Waals surface area contributed by atoms with Gasteiger partial charge in [0.2, 0.25) is 11.7 Å². The fraction of sp³-hybridized carbons (Fsp3) is 0.308. The number of nitrogens with zero attached hydrogens (tertiary/aromatic N) is 3. The van der Waals surface area contributed by atoms with Gasteiger partial charge in [-0.05, 0) is 18.6 Å². The Balaban J connectivity index is 2.29. The molecular weight excluding hydrogens is 230 g/mol.